The first kappa shape index (κ1) is 17.1. The first-order chi connectivity index (χ1) is 13.2. The minimum absolute atomic E-state index is 0.0334. The zero-order valence-corrected chi connectivity index (χ0v) is 15.0. The third-order valence-electron chi connectivity index (χ3n) is 4.49. The molecule has 1 aromatic carbocycles. The summed E-state index contributed by atoms with van der Waals surface area (Å²) in [5.74, 6) is 0.418. The van der Waals surface area contributed by atoms with Crippen molar-refractivity contribution in [1.82, 2.24) is 30.1 Å². The summed E-state index contributed by atoms with van der Waals surface area (Å²) < 4.78 is 5.86. The minimum atomic E-state index is -0.106. The number of benzene rings is 1. The van der Waals surface area contributed by atoms with Crippen LogP contribution in [0.15, 0.2) is 48.7 Å². The normalized spacial score (nSPS) is 14.9. The Labute approximate surface area is 156 Å². The number of likely N-dealkylation sites (tertiary alicyclic amines) is 1. The third kappa shape index (κ3) is 3.94. The van der Waals surface area contributed by atoms with Gasteiger partial charge >= 0.3 is 0 Å². The highest BCUT2D eigenvalue weighted by Crippen LogP contribution is 2.18. The van der Waals surface area contributed by atoms with Crippen molar-refractivity contribution in [2.24, 2.45) is 0 Å². The van der Waals surface area contributed by atoms with E-state index >= 15 is 0 Å². The number of ether oxygens (including phenoxy) is 1. The molecule has 0 N–H and O–H groups in total. The minimum Gasteiger partial charge on any atom is -0.473 e. The maximum atomic E-state index is 12.7. The molecule has 3 heterocycles. The molecule has 4 rings (SSSR count). The van der Waals surface area contributed by atoms with Crippen molar-refractivity contribution in [3.05, 3.63) is 60.0 Å². The highest BCUT2D eigenvalue weighted by atomic mass is 16.5. The Morgan fingerprint density at radius 1 is 1.07 bits per heavy atom. The molecule has 1 amide bonds. The van der Waals surface area contributed by atoms with Gasteiger partial charge in [-0.3, -0.25) is 4.79 Å². The van der Waals surface area contributed by atoms with Crippen molar-refractivity contribution in [3.63, 3.8) is 0 Å². The number of hydrogen-bond acceptors (Lipinski definition) is 6. The van der Waals surface area contributed by atoms with Gasteiger partial charge in [0.05, 0.1) is 17.6 Å². The molecule has 0 spiro atoms. The first-order valence-electron chi connectivity index (χ1n) is 8.93. The van der Waals surface area contributed by atoms with E-state index in [2.05, 4.69) is 20.4 Å². The van der Waals surface area contributed by atoms with Gasteiger partial charge < -0.3 is 9.64 Å². The fourth-order valence-electron chi connectivity index (χ4n) is 3.01. The fraction of sp³-hybridized carbons (Fsp3) is 0.316. The zero-order chi connectivity index (χ0) is 18.6. The predicted molar refractivity (Wildman–Crippen MR) is 97.7 cm³/mol. The summed E-state index contributed by atoms with van der Waals surface area (Å²) in [5.41, 5.74) is 2.02. The van der Waals surface area contributed by atoms with Crippen molar-refractivity contribution >= 4 is 5.91 Å². The van der Waals surface area contributed by atoms with E-state index in [9.17, 15) is 4.79 Å². The molecule has 0 radical (unpaired) electrons. The smallest absolute Gasteiger partial charge is 0.276 e. The highest BCUT2D eigenvalue weighted by molar-refractivity contribution is 5.92. The number of aryl methyl sites for hydroxylation is 1. The summed E-state index contributed by atoms with van der Waals surface area (Å²) in [5, 5.41) is 16.5. The maximum Gasteiger partial charge on any atom is 0.276 e. The van der Waals surface area contributed by atoms with E-state index in [0.717, 1.165) is 24.2 Å². The number of aromatic nitrogens is 5. The molecule has 8 heteroatoms. The second kappa shape index (κ2) is 7.53. The Bertz CT molecular complexity index is 901. The second-order valence-electron chi connectivity index (χ2n) is 6.48. The van der Waals surface area contributed by atoms with Gasteiger partial charge in [-0.25, -0.2) is 0 Å². The molecule has 1 fully saturated rings. The van der Waals surface area contributed by atoms with Gasteiger partial charge in [-0.1, -0.05) is 18.2 Å². The molecule has 0 unspecified atom stereocenters. The zero-order valence-electron chi connectivity index (χ0n) is 15.0. The van der Waals surface area contributed by atoms with Crippen molar-refractivity contribution < 1.29 is 9.53 Å². The van der Waals surface area contributed by atoms with E-state index in [-0.39, 0.29) is 12.0 Å². The lowest BCUT2D eigenvalue weighted by Gasteiger charge is -2.31. The van der Waals surface area contributed by atoms with E-state index in [4.69, 9.17) is 4.74 Å². The maximum absolute atomic E-state index is 12.7. The van der Waals surface area contributed by atoms with E-state index in [0.29, 0.717) is 24.7 Å². The Kier molecular flexibility index (Phi) is 4.78. The molecule has 0 saturated carbocycles. The quantitative estimate of drug-likeness (QED) is 0.704. The van der Waals surface area contributed by atoms with Gasteiger partial charge in [-0.2, -0.15) is 15.0 Å². The lowest BCUT2D eigenvalue weighted by Crippen LogP contribution is -2.42. The van der Waals surface area contributed by atoms with Crippen molar-refractivity contribution in [1.29, 1.82) is 0 Å². The van der Waals surface area contributed by atoms with Crippen LogP contribution in [0.2, 0.25) is 0 Å². The number of piperidine rings is 1. The van der Waals surface area contributed by atoms with Crippen molar-refractivity contribution in [2.45, 2.75) is 25.9 Å². The summed E-state index contributed by atoms with van der Waals surface area (Å²) in [6, 6.07) is 13.2. The number of carbonyl (C=O) groups is 1. The number of amides is 1. The van der Waals surface area contributed by atoms with Crippen LogP contribution in [0.25, 0.3) is 5.69 Å². The molecule has 0 bridgehead atoms. The summed E-state index contributed by atoms with van der Waals surface area (Å²) >= 11 is 0. The molecule has 2 aromatic heterocycles. The highest BCUT2D eigenvalue weighted by Gasteiger charge is 2.26. The van der Waals surface area contributed by atoms with E-state index < -0.39 is 0 Å². The number of hydrogen-bond donors (Lipinski definition) is 0. The van der Waals surface area contributed by atoms with Crippen LogP contribution >= 0.6 is 0 Å². The molecule has 27 heavy (non-hydrogen) atoms. The van der Waals surface area contributed by atoms with Gasteiger partial charge in [0.15, 0.2) is 5.69 Å². The SMILES string of the molecule is Cc1ccc(OC2CCN(C(=O)c3cnn(-c4ccccc4)n3)CC2)nn1. The van der Waals surface area contributed by atoms with E-state index in [1.165, 1.54) is 11.0 Å². The van der Waals surface area contributed by atoms with Crippen LogP contribution in [0.3, 0.4) is 0 Å². The standard InChI is InChI=1S/C19H20N6O2/c1-14-7-8-18(22-21-14)27-16-9-11-24(12-10-16)19(26)17-13-20-25(23-17)15-5-3-2-4-6-15/h2-8,13,16H,9-12H2,1H3. The summed E-state index contributed by atoms with van der Waals surface area (Å²) in [6.45, 7) is 3.11. The summed E-state index contributed by atoms with van der Waals surface area (Å²) in [4.78, 5) is 16.0. The predicted octanol–water partition coefficient (Wildman–Crippen LogP) is 2.05. The number of nitrogens with zero attached hydrogens (tertiary/aromatic N) is 6. The van der Waals surface area contributed by atoms with Crippen LogP contribution in [0.1, 0.15) is 29.0 Å². The Hall–Kier alpha value is -3.29. The molecular weight excluding hydrogens is 344 g/mol. The molecule has 0 atom stereocenters. The first-order valence-corrected chi connectivity index (χ1v) is 8.93. The van der Waals surface area contributed by atoms with Crippen LogP contribution in [-0.2, 0) is 0 Å². The number of para-hydroxylation sites is 1. The van der Waals surface area contributed by atoms with Crippen LogP contribution < -0.4 is 4.74 Å². The Morgan fingerprint density at radius 3 is 2.56 bits per heavy atom. The average molecular weight is 364 g/mol. The van der Waals surface area contributed by atoms with Gasteiger partial charge in [0.25, 0.3) is 5.91 Å². The van der Waals surface area contributed by atoms with Crippen LogP contribution in [0, 0.1) is 6.92 Å². The molecule has 138 valence electrons. The molecule has 3 aromatic rings. The lowest BCUT2D eigenvalue weighted by molar-refractivity contribution is 0.0580. The summed E-state index contributed by atoms with van der Waals surface area (Å²) in [7, 11) is 0. The number of rotatable bonds is 4. The van der Waals surface area contributed by atoms with Gasteiger partial charge in [0.1, 0.15) is 6.10 Å². The van der Waals surface area contributed by atoms with E-state index in [1.807, 2.05) is 49.4 Å². The molecule has 8 nitrogen and oxygen atoms in total. The van der Waals surface area contributed by atoms with Gasteiger partial charge in [0.2, 0.25) is 5.88 Å². The van der Waals surface area contributed by atoms with Crippen molar-refractivity contribution in [2.75, 3.05) is 13.1 Å². The largest absolute Gasteiger partial charge is 0.473 e. The van der Waals surface area contributed by atoms with Gasteiger partial charge in [-0.15, -0.1) is 10.2 Å². The molecule has 0 aliphatic carbocycles. The van der Waals surface area contributed by atoms with E-state index in [1.54, 1.807) is 4.90 Å². The second-order valence-corrected chi connectivity index (χ2v) is 6.48. The van der Waals surface area contributed by atoms with Gasteiger partial charge in [0, 0.05) is 32.0 Å². The molecule has 1 aliphatic heterocycles. The molecular formula is C19H20N6O2. The molecule has 1 saturated heterocycles. The van der Waals surface area contributed by atoms with Gasteiger partial charge in [-0.05, 0) is 25.1 Å². The third-order valence-corrected chi connectivity index (χ3v) is 4.49. The van der Waals surface area contributed by atoms with Crippen LogP contribution in [0.5, 0.6) is 5.88 Å². The topological polar surface area (TPSA) is 86.0 Å². The van der Waals surface area contributed by atoms with Crippen LogP contribution in [0.4, 0.5) is 0 Å². The lowest BCUT2D eigenvalue weighted by atomic mass is 10.1. The summed E-state index contributed by atoms with van der Waals surface area (Å²) in [6.07, 6.45) is 3.04. The Morgan fingerprint density at radius 2 is 1.85 bits per heavy atom. The average Bonchev–Trinajstić information content (AvgIpc) is 3.21. The van der Waals surface area contributed by atoms with Crippen LogP contribution in [-0.4, -0.2) is 55.2 Å². The monoisotopic (exact) mass is 364 g/mol. The Balaban J connectivity index is 1.35. The van der Waals surface area contributed by atoms with Crippen molar-refractivity contribution in [3.8, 4) is 11.6 Å². The fourth-order valence-corrected chi connectivity index (χ4v) is 3.01. The number of carbonyl (C=O) groups excluding carboxylic acids is 1. The molecule has 1 aliphatic rings.